The Hall–Kier alpha value is -1.77. The van der Waals surface area contributed by atoms with E-state index in [1.165, 1.54) is 244 Å². The van der Waals surface area contributed by atoms with Gasteiger partial charge >= 0.3 is 8.80 Å². The maximum atomic E-state index is 13.9. The molecular weight excluding hydrogens is 1270 g/mol. The normalized spacial score (nSPS) is 12.5. The molecule has 16 nitrogen and oxygen atoms in total. The molecule has 0 aromatic heterocycles. The Bertz CT molecular complexity index is 1710. The second-order valence-electron chi connectivity index (χ2n) is 31.5. The van der Waals surface area contributed by atoms with Gasteiger partial charge in [-0.3, -0.25) is 14.4 Å². The third kappa shape index (κ3) is 54.8. The third-order valence-corrected chi connectivity index (χ3v) is 24.0. The van der Waals surface area contributed by atoms with E-state index in [0.717, 1.165) is 101 Å². The van der Waals surface area contributed by atoms with Crippen molar-refractivity contribution in [2.24, 2.45) is 0 Å². The lowest BCUT2D eigenvalue weighted by Crippen LogP contribution is -2.65. The number of hydrogen-bond acceptors (Lipinski definition) is 12. The van der Waals surface area contributed by atoms with Crippen LogP contribution in [0.5, 0.6) is 0 Å². The molecule has 0 heterocycles. The Morgan fingerprint density at radius 1 is 0.270 bits per heavy atom. The van der Waals surface area contributed by atoms with Gasteiger partial charge in [-0.1, -0.05) is 336 Å². The van der Waals surface area contributed by atoms with Gasteiger partial charge in [0.15, 0.2) is 0 Å². The summed E-state index contributed by atoms with van der Waals surface area (Å²) in [7, 11) is -2.07. The SMILES string of the molecule is CCCCCCCCCCCCCCC(=O)NC(CO)(CO)CO[Si](CCC[N+](C)(CCCCCCCCCCCC)CCCCCCCCCCCC)(OCC(CO)(CO)NC(=O)CCCCCCCCCCCCC)OCC(CO)(CO)NC(=O)CCCCCCCCCCCCC. The van der Waals surface area contributed by atoms with Crippen molar-refractivity contribution in [1.29, 1.82) is 0 Å². The summed E-state index contributed by atoms with van der Waals surface area (Å²) in [6.45, 7) is 8.34. The monoisotopic (exact) mass is 1440 g/mol. The lowest BCUT2D eigenvalue weighted by Gasteiger charge is -2.41. The Morgan fingerprint density at radius 3 is 0.630 bits per heavy atom. The van der Waals surface area contributed by atoms with E-state index < -0.39 is 84.9 Å². The average molecular weight is 1440 g/mol. The van der Waals surface area contributed by atoms with Crippen LogP contribution in [0, 0.1) is 0 Å². The maximum absolute atomic E-state index is 13.9. The number of nitrogens with one attached hydrogen (secondary N) is 3. The molecule has 0 aromatic carbocycles. The van der Waals surface area contributed by atoms with Crippen molar-refractivity contribution < 1.29 is 62.8 Å². The van der Waals surface area contributed by atoms with Crippen molar-refractivity contribution in [2.75, 3.05) is 86.1 Å². The lowest BCUT2D eigenvalue weighted by atomic mass is 10.0. The van der Waals surface area contributed by atoms with Crippen molar-refractivity contribution in [1.82, 2.24) is 16.0 Å². The fourth-order valence-corrected chi connectivity index (χ4v) is 16.7. The Balaban J connectivity index is 7.28. The van der Waals surface area contributed by atoms with Gasteiger partial charge in [-0.25, -0.2) is 0 Å². The molecule has 0 unspecified atom stereocenters. The maximum Gasteiger partial charge on any atom is 0.501 e. The second kappa shape index (κ2) is 69.0. The van der Waals surface area contributed by atoms with Gasteiger partial charge in [0.2, 0.25) is 17.7 Å². The predicted octanol–water partition coefficient (Wildman–Crippen LogP) is 18.7. The molecule has 0 aromatic rings. The molecule has 596 valence electrons. The highest BCUT2D eigenvalue weighted by atomic mass is 28.4. The molecule has 17 heteroatoms. The molecule has 0 aliphatic carbocycles. The van der Waals surface area contributed by atoms with E-state index in [2.05, 4.69) is 57.6 Å². The highest BCUT2D eigenvalue weighted by molar-refractivity contribution is 6.60. The molecule has 0 saturated heterocycles. The van der Waals surface area contributed by atoms with Crippen LogP contribution in [0.25, 0.3) is 0 Å². The molecule has 0 atom stereocenters. The van der Waals surface area contributed by atoms with Crippen LogP contribution in [0.2, 0.25) is 6.04 Å². The summed E-state index contributed by atoms with van der Waals surface area (Å²) in [6.07, 6.45) is 64.4. The molecule has 0 fully saturated rings. The highest BCUT2D eigenvalue weighted by Gasteiger charge is 2.49. The van der Waals surface area contributed by atoms with E-state index in [1.807, 2.05) is 0 Å². The van der Waals surface area contributed by atoms with Gasteiger partial charge in [-0.15, -0.1) is 0 Å². The van der Waals surface area contributed by atoms with Gasteiger partial charge in [0.25, 0.3) is 0 Å². The first-order chi connectivity index (χ1) is 48.7. The first-order valence-corrected chi connectivity index (χ1v) is 44.9. The number of unbranched alkanes of at least 4 members (excludes halogenated alkanes) is 49. The minimum atomic E-state index is -4.41. The van der Waals surface area contributed by atoms with Crippen molar-refractivity contribution in [3.63, 3.8) is 0 Å². The minimum Gasteiger partial charge on any atom is -0.394 e. The van der Waals surface area contributed by atoms with Crippen LogP contribution in [-0.4, -0.2) is 164 Å². The quantitative estimate of drug-likeness (QED) is 0.0157. The van der Waals surface area contributed by atoms with Gasteiger partial charge in [-0.05, 0) is 44.9 Å². The van der Waals surface area contributed by atoms with E-state index in [0.29, 0.717) is 32.2 Å². The zero-order valence-electron chi connectivity index (χ0n) is 66.8. The molecule has 0 aliphatic rings. The number of aliphatic hydroxyl groups excluding tert-OH is 6. The lowest BCUT2D eigenvalue weighted by molar-refractivity contribution is -0.910. The number of rotatable bonds is 81. The summed E-state index contributed by atoms with van der Waals surface area (Å²) in [5.74, 6) is -1.04. The van der Waals surface area contributed by atoms with Crippen LogP contribution in [0.15, 0.2) is 0 Å². The number of nitrogens with zero attached hydrogens (tertiary/aromatic N) is 1. The van der Waals surface area contributed by atoms with Crippen molar-refractivity contribution in [3.8, 4) is 0 Å². The minimum absolute atomic E-state index is 0.135. The van der Waals surface area contributed by atoms with Gasteiger partial charge in [0, 0.05) is 31.7 Å². The summed E-state index contributed by atoms with van der Waals surface area (Å²) in [4.78, 5) is 41.7. The average Bonchev–Trinajstić information content (AvgIpc) is 0.810. The smallest absolute Gasteiger partial charge is 0.394 e. The van der Waals surface area contributed by atoms with Crippen LogP contribution < -0.4 is 16.0 Å². The fraction of sp³-hybridized carbons (Fsp3) is 0.964. The zero-order chi connectivity index (χ0) is 73.7. The molecule has 0 spiro atoms. The van der Waals surface area contributed by atoms with Crippen LogP contribution in [0.1, 0.15) is 407 Å². The summed E-state index contributed by atoms with van der Waals surface area (Å²) in [6, 6.07) is 0.135. The van der Waals surface area contributed by atoms with Gasteiger partial charge in [0.1, 0.15) is 16.6 Å². The van der Waals surface area contributed by atoms with Crippen molar-refractivity contribution in [3.05, 3.63) is 0 Å². The molecule has 0 aliphatic heterocycles. The van der Waals surface area contributed by atoms with Gasteiger partial charge in [0.05, 0.1) is 86.1 Å². The van der Waals surface area contributed by atoms with E-state index in [9.17, 15) is 45.0 Å². The highest BCUT2D eigenvalue weighted by Crippen LogP contribution is 2.28. The molecular formula is C83H169N4O12Si+. The van der Waals surface area contributed by atoms with Crippen molar-refractivity contribution in [2.45, 2.75) is 430 Å². The van der Waals surface area contributed by atoms with Crippen LogP contribution >= 0.6 is 0 Å². The third-order valence-electron chi connectivity index (χ3n) is 21.3. The number of aliphatic hydroxyl groups is 6. The number of carbonyl (C=O) groups excluding carboxylic acids is 3. The number of hydrogen-bond donors (Lipinski definition) is 9. The largest absolute Gasteiger partial charge is 0.501 e. The standard InChI is InChI=1S/C83H168N4O12Si/c1-7-12-17-22-27-32-37-40-43-48-53-58-64-80(96)86-83(73-92,74-93)77-99-100(97-75-81(69-88,70-89)84-78(94)62-56-51-46-41-38-33-28-23-18-13-8-2,98-76-82(71-90,72-91)85-79(95)63-57-52-47-42-39-34-29-24-19-14-9-3)68-61-67-87(6,65-59-54-49-44-35-30-25-20-15-10-4)66-60-55-50-45-36-31-26-21-16-11-5/h88-93H,7-77H2,1-6H3,(H2-,84,85,86,94,95,96)/p+1. The van der Waals surface area contributed by atoms with Crippen LogP contribution in [-0.2, 0) is 27.7 Å². The Kier molecular flexibility index (Phi) is 67.8. The van der Waals surface area contributed by atoms with E-state index >= 15 is 0 Å². The summed E-state index contributed by atoms with van der Waals surface area (Å²) < 4.78 is 21.8. The molecule has 0 rings (SSSR count). The molecule has 0 radical (unpaired) electrons. The molecule has 0 bridgehead atoms. The van der Waals surface area contributed by atoms with Gasteiger partial charge < -0.3 is 64.4 Å². The van der Waals surface area contributed by atoms with Gasteiger partial charge in [-0.2, -0.15) is 0 Å². The fourth-order valence-electron chi connectivity index (χ4n) is 13.9. The summed E-state index contributed by atoms with van der Waals surface area (Å²) in [5, 5.41) is 76.2. The Labute approximate surface area is 618 Å². The second-order valence-corrected chi connectivity index (χ2v) is 34.2. The first kappa shape index (κ1) is 98.2. The predicted molar refractivity (Wildman–Crippen MR) is 420 cm³/mol. The summed E-state index contributed by atoms with van der Waals surface area (Å²) in [5.41, 5.74) is -5.09. The zero-order valence-corrected chi connectivity index (χ0v) is 67.8. The number of amides is 3. The molecule has 0 saturated carbocycles. The Morgan fingerprint density at radius 2 is 0.440 bits per heavy atom. The van der Waals surface area contributed by atoms with Crippen LogP contribution in [0.3, 0.4) is 0 Å². The van der Waals surface area contributed by atoms with Crippen LogP contribution in [0.4, 0.5) is 0 Å². The van der Waals surface area contributed by atoms with E-state index in [-0.39, 0.29) is 43.0 Å². The summed E-state index contributed by atoms with van der Waals surface area (Å²) >= 11 is 0. The van der Waals surface area contributed by atoms with E-state index in [4.69, 9.17) is 13.3 Å². The first-order valence-electron chi connectivity index (χ1n) is 43.0. The number of quaternary nitrogens is 1. The van der Waals surface area contributed by atoms with Crippen molar-refractivity contribution >= 4 is 26.5 Å². The molecule has 3 amide bonds. The molecule has 100 heavy (non-hydrogen) atoms. The number of carbonyl (C=O) groups is 3. The topological polar surface area (TPSA) is 236 Å². The van der Waals surface area contributed by atoms with E-state index in [1.54, 1.807) is 0 Å². The molecule has 9 N–H and O–H groups in total.